The van der Waals surface area contributed by atoms with E-state index in [2.05, 4.69) is 0 Å². The van der Waals surface area contributed by atoms with Gasteiger partial charge >= 0.3 is 0 Å². The number of halogens is 1. The van der Waals surface area contributed by atoms with Gasteiger partial charge in [-0.25, -0.2) is 0 Å². The second-order valence-electron chi connectivity index (χ2n) is 6.77. The van der Waals surface area contributed by atoms with Crippen molar-refractivity contribution in [3.05, 3.63) is 64.2 Å². The molecule has 0 bridgehead atoms. The van der Waals surface area contributed by atoms with Gasteiger partial charge in [-0.05, 0) is 48.2 Å². The van der Waals surface area contributed by atoms with Crippen molar-refractivity contribution in [1.82, 2.24) is 0 Å². The predicted molar refractivity (Wildman–Crippen MR) is 108 cm³/mol. The lowest BCUT2D eigenvalue weighted by Crippen LogP contribution is -2.47. The van der Waals surface area contributed by atoms with Gasteiger partial charge in [0.25, 0.3) is 0 Å². The van der Waals surface area contributed by atoms with E-state index in [0.717, 1.165) is 11.3 Å². The third-order valence-electron chi connectivity index (χ3n) is 4.64. The molecule has 0 aromatic heterocycles. The quantitative estimate of drug-likeness (QED) is 0.331. The molecular weight excluding hydrogens is 400 g/mol. The van der Waals surface area contributed by atoms with Crippen LogP contribution in [0.15, 0.2) is 42.5 Å². The van der Waals surface area contributed by atoms with Crippen LogP contribution >= 0.6 is 11.6 Å². The number of aliphatic hydroxyl groups is 6. The minimum Gasteiger partial charge on any atom is -0.494 e. The van der Waals surface area contributed by atoms with Crippen molar-refractivity contribution in [3.8, 4) is 5.75 Å². The molecule has 0 radical (unpaired) electrons. The molecule has 160 valence electrons. The summed E-state index contributed by atoms with van der Waals surface area (Å²) in [6.45, 7) is 1.68. The highest BCUT2D eigenvalue weighted by Gasteiger charge is 2.34. The molecule has 7 nitrogen and oxygen atoms in total. The van der Waals surface area contributed by atoms with Gasteiger partial charge in [-0.2, -0.15) is 0 Å². The van der Waals surface area contributed by atoms with E-state index in [9.17, 15) is 25.5 Å². The zero-order valence-electron chi connectivity index (χ0n) is 16.0. The molecular formula is C21H27ClO7. The van der Waals surface area contributed by atoms with Gasteiger partial charge < -0.3 is 35.4 Å². The van der Waals surface area contributed by atoms with E-state index >= 15 is 0 Å². The van der Waals surface area contributed by atoms with Crippen molar-refractivity contribution in [2.45, 2.75) is 43.9 Å². The molecule has 0 fully saturated rings. The second-order valence-corrected chi connectivity index (χ2v) is 7.18. The van der Waals surface area contributed by atoms with Crippen LogP contribution in [0.3, 0.4) is 0 Å². The van der Waals surface area contributed by atoms with Gasteiger partial charge in [0, 0.05) is 5.02 Å². The minimum atomic E-state index is -1.86. The minimum absolute atomic E-state index is 0.285. The molecule has 2 aromatic rings. The number of aliphatic hydroxyl groups excluding tert-OH is 6. The summed E-state index contributed by atoms with van der Waals surface area (Å²) in [4.78, 5) is 0. The summed E-state index contributed by atoms with van der Waals surface area (Å²) in [7, 11) is 0. The van der Waals surface area contributed by atoms with E-state index in [4.69, 9.17) is 21.4 Å². The highest BCUT2D eigenvalue weighted by atomic mass is 35.5. The second kappa shape index (κ2) is 10.9. The maximum atomic E-state index is 10.4. The Bertz CT molecular complexity index is 768. The maximum Gasteiger partial charge on any atom is 0.119 e. The number of hydrogen-bond donors (Lipinski definition) is 6. The monoisotopic (exact) mass is 426 g/mol. The largest absolute Gasteiger partial charge is 0.494 e. The first-order chi connectivity index (χ1) is 13.8. The van der Waals surface area contributed by atoms with Crippen LogP contribution in [0.1, 0.15) is 29.7 Å². The van der Waals surface area contributed by atoms with Crippen molar-refractivity contribution < 1.29 is 35.4 Å². The van der Waals surface area contributed by atoms with E-state index in [1.807, 2.05) is 31.2 Å². The summed E-state index contributed by atoms with van der Waals surface area (Å²) >= 11 is 6.27. The van der Waals surface area contributed by atoms with Crippen molar-refractivity contribution >= 4 is 11.6 Å². The number of ether oxygens (including phenoxy) is 1. The molecule has 0 amide bonds. The van der Waals surface area contributed by atoms with Crippen LogP contribution in [0.25, 0.3) is 0 Å². The summed E-state index contributed by atoms with van der Waals surface area (Å²) in [6, 6.07) is 12.2. The smallest absolute Gasteiger partial charge is 0.119 e. The van der Waals surface area contributed by atoms with Crippen molar-refractivity contribution in [1.29, 1.82) is 0 Å². The van der Waals surface area contributed by atoms with E-state index in [0.29, 0.717) is 23.6 Å². The van der Waals surface area contributed by atoms with Crippen LogP contribution in [0.5, 0.6) is 5.75 Å². The topological polar surface area (TPSA) is 131 Å². The van der Waals surface area contributed by atoms with Gasteiger partial charge in [-0.3, -0.25) is 0 Å². The Hall–Kier alpha value is -1.71. The third-order valence-corrected chi connectivity index (χ3v) is 5.01. The number of benzene rings is 2. The van der Waals surface area contributed by atoms with E-state index in [1.54, 1.807) is 12.1 Å². The standard InChI is InChI=1S/C21H27ClO7/c1-2-29-15-6-3-12(4-7-15)9-14-10-13(5-8-16(14)22)18(25)20(27)21(28)19(26)17(24)11-23/h3-8,10,17-21,23-28H,2,9,11H2,1H3/t17-,18-,19+,20+,21+/m1/s1. The maximum absolute atomic E-state index is 10.4. The SMILES string of the molecule is CCOc1ccc(Cc2cc([C@@H](O)[C@H](O)[C@@H](O)[C@@H](O)[C@H](O)CO)ccc2Cl)cc1. The fraction of sp³-hybridized carbons (Fsp3) is 0.429. The summed E-state index contributed by atoms with van der Waals surface area (Å²) in [6.07, 6.45) is -8.19. The Labute approximate surface area is 174 Å². The van der Waals surface area contributed by atoms with Crippen LogP contribution in [-0.4, -0.2) is 68.3 Å². The molecule has 0 aliphatic heterocycles. The first-order valence-corrected chi connectivity index (χ1v) is 9.67. The normalized spacial score (nSPS) is 16.7. The number of hydrogen-bond acceptors (Lipinski definition) is 7. The molecule has 6 N–H and O–H groups in total. The van der Waals surface area contributed by atoms with Gasteiger partial charge in [0.15, 0.2) is 0 Å². The summed E-state index contributed by atoms with van der Waals surface area (Å²) < 4.78 is 5.41. The molecule has 0 saturated carbocycles. The Morgan fingerprint density at radius 1 is 0.897 bits per heavy atom. The molecule has 0 unspecified atom stereocenters. The van der Waals surface area contributed by atoms with E-state index < -0.39 is 37.1 Å². The van der Waals surface area contributed by atoms with Gasteiger partial charge in [0.1, 0.15) is 36.3 Å². The average molecular weight is 427 g/mol. The molecule has 5 atom stereocenters. The van der Waals surface area contributed by atoms with Crippen molar-refractivity contribution in [2.75, 3.05) is 13.2 Å². The van der Waals surface area contributed by atoms with Gasteiger partial charge in [-0.1, -0.05) is 35.9 Å². The lowest BCUT2D eigenvalue weighted by molar-refractivity contribution is -0.141. The van der Waals surface area contributed by atoms with Gasteiger partial charge in [-0.15, -0.1) is 0 Å². The Morgan fingerprint density at radius 2 is 1.55 bits per heavy atom. The van der Waals surface area contributed by atoms with Crippen LogP contribution in [0.4, 0.5) is 0 Å². The first kappa shape index (κ1) is 23.6. The zero-order valence-corrected chi connectivity index (χ0v) is 16.8. The molecule has 0 spiro atoms. The van der Waals surface area contributed by atoms with E-state index in [-0.39, 0.29) is 5.56 Å². The Kier molecular flexibility index (Phi) is 8.85. The van der Waals surface area contributed by atoms with E-state index in [1.165, 1.54) is 6.07 Å². The van der Waals surface area contributed by atoms with Crippen LogP contribution in [0.2, 0.25) is 5.02 Å². The van der Waals surface area contributed by atoms with Crippen LogP contribution in [0, 0.1) is 0 Å². The molecule has 0 saturated heterocycles. The molecule has 0 aliphatic carbocycles. The van der Waals surface area contributed by atoms with Crippen molar-refractivity contribution in [2.24, 2.45) is 0 Å². The van der Waals surface area contributed by atoms with Gasteiger partial charge in [0.2, 0.25) is 0 Å². The lowest BCUT2D eigenvalue weighted by atomic mass is 9.93. The third kappa shape index (κ3) is 6.13. The highest BCUT2D eigenvalue weighted by Crippen LogP contribution is 2.27. The summed E-state index contributed by atoms with van der Waals surface area (Å²) in [5.74, 6) is 0.757. The average Bonchev–Trinajstić information content (AvgIpc) is 2.74. The fourth-order valence-corrected chi connectivity index (χ4v) is 3.11. The summed E-state index contributed by atoms with van der Waals surface area (Å²) in [5.41, 5.74) is 1.95. The lowest BCUT2D eigenvalue weighted by Gasteiger charge is -2.28. The molecule has 0 heterocycles. The predicted octanol–water partition coefficient (Wildman–Crippen LogP) is 0.799. The fourth-order valence-electron chi connectivity index (χ4n) is 2.93. The summed E-state index contributed by atoms with van der Waals surface area (Å²) in [5, 5.41) is 59.1. The van der Waals surface area contributed by atoms with Crippen molar-refractivity contribution in [3.63, 3.8) is 0 Å². The van der Waals surface area contributed by atoms with Crippen LogP contribution in [-0.2, 0) is 6.42 Å². The zero-order chi connectivity index (χ0) is 21.6. The molecule has 2 aromatic carbocycles. The van der Waals surface area contributed by atoms with Crippen LogP contribution < -0.4 is 4.74 Å². The molecule has 8 heteroatoms. The molecule has 29 heavy (non-hydrogen) atoms. The number of rotatable bonds is 10. The Morgan fingerprint density at radius 3 is 2.14 bits per heavy atom. The molecule has 0 aliphatic rings. The highest BCUT2D eigenvalue weighted by molar-refractivity contribution is 6.31. The Balaban J connectivity index is 2.16. The van der Waals surface area contributed by atoms with Gasteiger partial charge in [0.05, 0.1) is 13.2 Å². The molecule has 2 rings (SSSR count). The first-order valence-electron chi connectivity index (χ1n) is 9.29.